The Kier molecular flexibility index (Phi) is 2.88. The molecular formula is C10H16N2O. The summed E-state index contributed by atoms with van der Waals surface area (Å²) < 4.78 is 1.59. The molecule has 1 aromatic rings. The zero-order chi connectivity index (χ0) is 10.0. The summed E-state index contributed by atoms with van der Waals surface area (Å²) in [6.07, 6.45) is 1.87. The second-order valence-electron chi connectivity index (χ2n) is 3.57. The molecule has 1 heterocycles. The smallest absolute Gasteiger partial charge is 0.254 e. The minimum absolute atomic E-state index is 0.00639. The summed E-state index contributed by atoms with van der Waals surface area (Å²) in [6.45, 7) is 4.51. The highest BCUT2D eigenvalue weighted by atomic mass is 16.1. The minimum atomic E-state index is 0.00639. The van der Waals surface area contributed by atoms with Gasteiger partial charge in [0.2, 0.25) is 0 Å². The van der Waals surface area contributed by atoms with Crippen LogP contribution in [-0.2, 0) is 13.6 Å². The first kappa shape index (κ1) is 9.99. The van der Waals surface area contributed by atoms with Crippen LogP contribution < -0.4 is 11.3 Å². The van der Waals surface area contributed by atoms with E-state index in [1.165, 1.54) is 0 Å². The van der Waals surface area contributed by atoms with Crippen LogP contribution in [0.2, 0.25) is 0 Å². The molecule has 3 nitrogen and oxygen atoms in total. The van der Waals surface area contributed by atoms with Crippen LogP contribution >= 0.6 is 0 Å². The number of hydrogen-bond donors (Lipinski definition) is 1. The van der Waals surface area contributed by atoms with Gasteiger partial charge in [-0.15, -0.1) is 0 Å². The zero-order valence-electron chi connectivity index (χ0n) is 8.37. The highest BCUT2D eigenvalue weighted by Gasteiger charge is 2.05. The lowest BCUT2D eigenvalue weighted by atomic mass is 10.0. The molecule has 0 radical (unpaired) electrons. The fourth-order valence-electron chi connectivity index (χ4n) is 1.27. The van der Waals surface area contributed by atoms with Gasteiger partial charge in [0.25, 0.3) is 5.56 Å². The Bertz CT molecular complexity index is 352. The summed E-state index contributed by atoms with van der Waals surface area (Å²) in [4.78, 5) is 11.5. The third kappa shape index (κ3) is 1.98. The standard InChI is InChI=1S/C10H16N2O/c1-7(2)9-4-8(5-11)10(13)12(3)6-9/h4,6-7H,5,11H2,1-3H3. The quantitative estimate of drug-likeness (QED) is 0.737. The third-order valence-corrected chi connectivity index (χ3v) is 2.17. The van der Waals surface area contributed by atoms with Crippen molar-refractivity contribution >= 4 is 0 Å². The highest BCUT2D eigenvalue weighted by molar-refractivity contribution is 5.21. The van der Waals surface area contributed by atoms with E-state index in [-0.39, 0.29) is 5.56 Å². The van der Waals surface area contributed by atoms with E-state index in [2.05, 4.69) is 13.8 Å². The number of nitrogens with two attached hydrogens (primary N) is 1. The van der Waals surface area contributed by atoms with E-state index in [9.17, 15) is 4.79 Å². The first-order valence-corrected chi connectivity index (χ1v) is 4.45. The van der Waals surface area contributed by atoms with E-state index in [0.717, 1.165) is 5.56 Å². The van der Waals surface area contributed by atoms with Crippen molar-refractivity contribution in [2.24, 2.45) is 12.8 Å². The van der Waals surface area contributed by atoms with Gasteiger partial charge in [0, 0.05) is 25.4 Å². The van der Waals surface area contributed by atoms with Gasteiger partial charge in [-0.1, -0.05) is 13.8 Å². The second-order valence-corrected chi connectivity index (χ2v) is 3.57. The van der Waals surface area contributed by atoms with E-state index in [4.69, 9.17) is 5.73 Å². The number of aromatic nitrogens is 1. The maximum Gasteiger partial charge on any atom is 0.254 e. The Labute approximate surface area is 78.2 Å². The average Bonchev–Trinajstić information content (AvgIpc) is 2.09. The topological polar surface area (TPSA) is 48.0 Å². The largest absolute Gasteiger partial charge is 0.326 e. The van der Waals surface area contributed by atoms with Crippen molar-refractivity contribution in [3.8, 4) is 0 Å². The van der Waals surface area contributed by atoms with Gasteiger partial charge in [0.1, 0.15) is 0 Å². The average molecular weight is 180 g/mol. The van der Waals surface area contributed by atoms with Crippen LogP contribution in [0.1, 0.15) is 30.9 Å². The Morgan fingerprint density at radius 3 is 2.62 bits per heavy atom. The molecule has 0 unspecified atom stereocenters. The third-order valence-electron chi connectivity index (χ3n) is 2.17. The van der Waals surface area contributed by atoms with Gasteiger partial charge in [-0.25, -0.2) is 0 Å². The van der Waals surface area contributed by atoms with Crippen LogP contribution in [0.25, 0.3) is 0 Å². The first-order chi connectivity index (χ1) is 6.06. The van der Waals surface area contributed by atoms with Crippen molar-refractivity contribution in [3.63, 3.8) is 0 Å². The number of pyridine rings is 1. The van der Waals surface area contributed by atoms with Crippen molar-refractivity contribution in [1.82, 2.24) is 4.57 Å². The van der Waals surface area contributed by atoms with Gasteiger partial charge in [-0.3, -0.25) is 4.79 Å². The Morgan fingerprint density at radius 2 is 2.15 bits per heavy atom. The Balaban J connectivity index is 3.30. The molecule has 0 fully saturated rings. The van der Waals surface area contributed by atoms with E-state index in [1.54, 1.807) is 11.6 Å². The highest BCUT2D eigenvalue weighted by Crippen LogP contribution is 2.12. The van der Waals surface area contributed by atoms with Crippen molar-refractivity contribution in [3.05, 3.63) is 33.7 Å². The summed E-state index contributed by atoms with van der Waals surface area (Å²) in [5, 5.41) is 0. The molecule has 1 aromatic heterocycles. The Hall–Kier alpha value is -1.09. The van der Waals surface area contributed by atoms with Crippen molar-refractivity contribution < 1.29 is 0 Å². The van der Waals surface area contributed by atoms with Crippen LogP contribution in [0.4, 0.5) is 0 Å². The van der Waals surface area contributed by atoms with Crippen LogP contribution in [0, 0.1) is 0 Å². The lowest BCUT2D eigenvalue weighted by Crippen LogP contribution is -2.23. The molecule has 0 aliphatic carbocycles. The van der Waals surface area contributed by atoms with E-state index < -0.39 is 0 Å². The lowest BCUT2D eigenvalue weighted by molar-refractivity contribution is 0.775. The SMILES string of the molecule is CC(C)c1cc(CN)c(=O)n(C)c1. The summed E-state index contributed by atoms with van der Waals surface area (Å²) >= 11 is 0. The van der Waals surface area contributed by atoms with Crippen molar-refractivity contribution in [2.75, 3.05) is 0 Å². The maximum atomic E-state index is 11.5. The van der Waals surface area contributed by atoms with Gasteiger partial charge >= 0.3 is 0 Å². The maximum absolute atomic E-state index is 11.5. The predicted molar refractivity (Wildman–Crippen MR) is 53.7 cm³/mol. The molecule has 13 heavy (non-hydrogen) atoms. The van der Waals surface area contributed by atoms with Crippen LogP contribution in [0.3, 0.4) is 0 Å². The van der Waals surface area contributed by atoms with E-state index in [0.29, 0.717) is 18.0 Å². The van der Waals surface area contributed by atoms with E-state index >= 15 is 0 Å². The molecule has 0 saturated carbocycles. The number of nitrogens with zero attached hydrogens (tertiary/aromatic N) is 1. The normalized spacial score (nSPS) is 10.8. The van der Waals surface area contributed by atoms with Crippen LogP contribution in [0.5, 0.6) is 0 Å². The monoisotopic (exact) mass is 180 g/mol. The number of rotatable bonds is 2. The summed E-state index contributed by atoms with van der Waals surface area (Å²) in [5.74, 6) is 0.428. The van der Waals surface area contributed by atoms with Gasteiger partial charge in [0.15, 0.2) is 0 Å². The minimum Gasteiger partial charge on any atom is -0.326 e. The molecule has 2 N–H and O–H groups in total. The van der Waals surface area contributed by atoms with E-state index in [1.807, 2.05) is 12.3 Å². The van der Waals surface area contributed by atoms with Gasteiger partial charge in [0.05, 0.1) is 0 Å². The molecule has 1 rings (SSSR count). The number of aryl methyl sites for hydroxylation is 1. The fourth-order valence-corrected chi connectivity index (χ4v) is 1.27. The van der Waals surface area contributed by atoms with Gasteiger partial charge in [-0.2, -0.15) is 0 Å². The molecule has 0 bridgehead atoms. The first-order valence-electron chi connectivity index (χ1n) is 4.45. The molecule has 0 spiro atoms. The molecule has 3 heteroatoms. The van der Waals surface area contributed by atoms with Crippen LogP contribution in [-0.4, -0.2) is 4.57 Å². The molecule has 0 aromatic carbocycles. The second kappa shape index (κ2) is 3.75. The predicted octanol–water partition coefficient (Wildman–Crippen LogP) is 0.967. The Morgan fingerprint density at radius 1 is 1.54 bits per heavy atom. The summed E-state index contributed by atoms with van der Waals surface area (Å²) in [7, 11) is 1.76. The van der Waals surface area contributed by atoms with Crippen molar-refractivity contribution in [1.29, 1.82) is 0 Å². The number of hydrogen-bond acceptors (Lipinski definition) is 2. The van der Waals surface area contributed by atoms with Crippen molar-refractivity contribution in [2.45, 2.75) is 26.3 Å². The molecule has 72 valence electrons. The molecule has 0 saturated heterocycles. The van der Waals surface area contributed by atoms with Crippen LogP contribution in [0.15, 0.2) is 17.1 Å². The molecule has 0 aliphatic rings. The molecule has 0 amide bonds. The summed E-state index contributed by atoms with van der Waals surface area (Å²) in [5.41, 5.74) is 7.33. The van der Waals surface area contributed by atoms with Gasteiger partial charge < -0.3 is 10.3 Å². The molecule has 0 aliphatic heterocycles. The fraction of sp³-hybridized carbons (Fsp3) is 0.500. The molecule has 0 atom stereocenters. The summed E-state index contributed by atoms with van der Waals surface area (Å²) in [6, 6.07) is 1.90. The van der Waals surface area contributed by atoms with Gasteiger partial charge in [-0.05, 0) is 17.5 Å². The molecular weight excluding hydrogens is 164 g/mol. The lowest BCUT2D eigenvalue weighted by Gasteiger charge is -2.09. The zero-order valence-corrected chi connectivity index (χ0v) is 8.37.